The molecule has 0 spiro atoms. The van der Waals surface area contributed by atoms with E-state index >= 15 is 0 Å². The van der Waals surface area contributed by atoms with Gasteiger partial charge in [-0.2, -0.15) is 0 Å². The van der Waals surface area contributed by atoms with Crippen molar-refractivity contribution in [3.63, 3.8) is 0 Å². The molecule has 2 nitrogen and oxygen atoms in total. The van der Waals surface area contributed by atoms with E-state index in [4.69, 9.17) is 0 Å². The van der Waals surface area contributed by atoms with Crippen LogP contribution in [0, 0.1) is 0 Å². The summed E-state index contributed by atoms with van der Waals surface area (Å²) < 4.78 is 0. The zero-order chi connectivity index (χ0) is 19.4. The first-order chi connectivity index (χ1) is 13.7. The third-order valence-electron chi connectivity index (χ3n) is 5.30. The molecular weight excluding hydrogens is 344 g/mol. The average Bonchev–Trinajstić information content (AvgIpc) is 2.75. The standard InChI is InChI=1S/C26H22O2/c27-24-15-11-22(12-16-24)26(21-9-5-2-6-10-21,19-20-7-3-1-4-8-20)23-13-17-25(28)18-14-23/h1-18,27-28H,19H2. The van der Waals surface area contributed by atoms with Gasteiger partial charge in [-0.1, -0.05) is 84.9 Å². The van der Waals surface area contributed by atoms with Gasteiger partial charge in [0.1, 0.15) is 11.5 Å². The Balaban J connectivity index is 2.01. The van der Waals surface area contributed by atoms with Gasteiger partial charge < -0.3 is 10.2 Å². The molecule has 0 saturated carbocycles. The van der Waals surface area contributed by atoms with Gasteiger partial charge in [0.25, 0.3) is 0 Å². The number of phenols is 2. The SMILES string of the molecule is Oc1ccc(C(Cc2ccccc2)(c2ccccc2)c2ccc(O)cc2)cc1. The van der Waals surface area contributed by atoms with Crippen molar-refractivity contribution < 1.29 is 10.2 Å². The van der Waals surface area contributed by atoms with Crippen molar-refractivity contribution in [3.05, 3.63) is 131 Å². The van der Waals surface area contributed by atoms with Crippen LogP contribution in [0.25, 0.3) is 0 Å². The molecular formula is C26H22O2. The van der Waals surface area contributed by atoms with E-state index < -0.39 is 5.41 Å². The topological polar surface area (TPSA) is 40.5 Å². The zero-order valence-corrected chi connectivity index (χ0v) is 15.5. The molecule has 2 heteroatoms. The van der Waals surface area contributed by atoms with Crippen molar-refractivity contribution in [3.8, 4) is 11.5 Å². The molecule has 2 N–H and O–H groups in total. The van der Waals surface area contributed by atoms with E-state index in [0.717, 1.165) is 23.1 Å². The smallest absolute Gasteiger partial charge is 0.115 e. The first-order valence-electron chi connectivity index (χ1n) is 9.37. The van der Waals surface area contributed by atoms with Crippen LogP contribution in [0.4, 0.5) is 0 Å². The number of rotatable bonds is 5. The monoisotopic (exact) mass is 366 g/mol. The number of benzene rings is 4. The largest absolute Gasteiger partial charge is 0.508 e. The minimum Gasteiger partial charge on any atom is -0.508 e. The maximum atomic E-state index is 9.86. The van der Waals surface area contributed by atoms with E-state index in [2.05, 4.69) is 48.5 Å². The molecule has 0 heterocycles. The van der Waals surface area contributed by atoms with Gasteiger partial charge in [-0.3, -0.25) is 0 Å². The lowest BCUT2D eigenvalue weighted by atomic mass is 9.66. The van der Waals surface area contributed by atoms with Gasteiger partial charge in [-0.25, -0.2) is 0 Å². The molecule has 0 unspecified atom stereocenters. The Morgan fingerprint density at radius 3 is 1.32 bits per heavy atom. The normalized spacial score (nSPS) is 11.3. The van der Waals surface area contributed by atoms with Gasteiger partial charge in [0.2, 0.25) is 0 Å². The molecule has 0 atom stereocenters. The number of hydrogen-bond acceptors (Lipinski definition) is 2. The van der Waals surface area contributed by atoms with Crippen LogP contribution in [0.15, 0.2) is 109 Å². The van der Waals surface area contributed by atoms with Crippen molar-refractivity contribution in [2.45, 2.75) is 11.8 Å². The van der Waals surface area contributed by atoms with Gasteiger partial charge in [0, 0.05) is 5.41 Å². The van der Waals surface area contributed by atoms with Crippen molar-refractivity contribution >= 4 is 0 Å². The Bertz CT molecular complexity index is 976. The fourth-order valence-corrected chi connectivity index (χ4v) is 3.92. The molecule has 28 heavy (non-hydrogen) atoms. The molecule has 138 valence electrons. The molecule has 0 saturated heterocycles. The Morgan fingerprint density at radius 1 is 0.464 bits per heavy atom. The van der Waals surface area contributed by atoms with E-state index in [0.29, 0.717) is 0 Å². The van der Waals surface area contributed by atoms with Crippen molar-refractivity contribution in [2.75, 3.05) is 0 Å². The molecule has 0 aliphatic rings. The molecule has 0 aromatic heterocycles. The third-order valence-corrected chi connectivity index (χ3v) is 5.30. The number of hydrogen-bond donors (Lipinski definition) is 2. The highest BCUT2D eigenvalue weighted by molar-refractivity contribution is 5.53. The van der Waals surface area contributed by atoms with E-state index in [1.165, 1.54) is 5.56 Å². The van der Waals surface area contributed by atoms with Crippen molar-refractivity contribution in [1.29, 1.82) is 0 Å². The summed E-state index contributed by atoms with van der Waals surface area (Å²) in [5.41, 5.74) is 4.10. The first-order valence-corrected chi connectivity index (χ1v) is 9.37. The second-order valence-corrected chi connectivity index (χ2v) is 7.03. The summed E-state index contributed by atoms with van der Waals surface area (Å²) in [6, 6.07) is 35.7. The Kier molecular flexibility index (Phi) is 4.86. The van der Waals surface area contributed by atoms with Crippen LogP contribution in [0.2, 0.25) is 0 Å². The van der Waals surface area contributed by atoms with Crippen LogP contribution in [0.3, 0.4) is 0 Å². The van der Waals surface area contributed by atoms with E-state index in [1.54, 1.807) is 24.3 Å². The summed E-state index contributed by atoms with van der Waals surface area (Å²) in [6.07, 6.45) is 0.757. The minimum atomic E-state index is -0.454. The van der Waals surface area contributed by atoms with Crippen LogP contribution >= 0.6 is 0 Å². The summed E-state index contributed by atoms with van der Waals surface area (Å²) in [4.78, 5) is 0. The highest BCUT2D eigenvalue weighted by Crippen LogP contribution is 2.43. The summed E-state index contributed by atoms with van der Waals surface area (Å²) in [7, 11) is 0. The molecule has 0 bridgehead atoms. The van der Waals surface area contributed by atoms with Crippen LogP contribution in [0.5, 0.6) is 11.5 Å². The predicted octanol–water partition coefficient (Wildman–Crippen LogP) is 5.67. The predicted molar refractivity (Wildman–Crippen MR) is 113 cm³/mol. The van der Waals surface area contributed by atoms with Gasteiger partial charge >= 0.3 is 0 Å². The molecule has 0 aliphatic heterocycles. The summed E-state index contributed by atoms with van der Waals surface area (Å²) >= 11 is 0. The van der Waals surface area contributed by atoms with Gasteiger partial charge in [0.05, 0.1) is 0 Å². The second kappa shape index (κ2) is 7.61. The lowest BCUT2D eigenvalue weighted by Crippen LogP contribution is -2.32. The van der Waals surface area contributed by atoms with Crippen molar-refractivity contribution in [2.24, 2.45) is 0 Å². The number of aromatic hydroxyl groups is 2. The lowest BCUT2D eigenvalue weighted by molar-refractivity contribution is 0.474. The van der Waals surface area contributed by atoms with E-state index in [-0.39, 0.29) is 11.5 Å². The molecule has 4 rings (SSSR count). The first kappa shape index (κ1) is 17.9. The summed E-state index contributed by atoms with van der Waals surface area (Å²) in [5, 5.41) is 19.7. The van der Waals surface area contributed by atoms with Crippen LogP contribution in [-0.4, -0.2) is 10.2 Å². The Labute approximate surface area is 165 Å². The lowest BCUT2D eigenvalue weighted by Gasteiger charge is -2.36. The van der Waals surface area contributed by atoms with Gasteiger partial charge in [0.15, 0.2) is 0 Å². The zero-order valence-electron chi connectivity index (χ0n) is 15.5. The summed E-state index contributed by atoms with van der Waals surface area (Å²) in [6.45, 7) is 0. The fourth-order valence-electron chi connectivity index (χ4n) is 3.92. The number of phenolic OH excluding ortho intramolecular Hbond substituents is 2. The third kappa shape index (κ3) is 3.37. The second-order valence-electron chi connectivity index (χ2n) is 7.03. The van der Waals surface area contributed by atoms with Crippen LogP contribution in [0.1, 0.15) is 22.3 Å². The Hall–Kier alpha value is -3.52. The average molecular weight is 366 g/mol. The highest BCUT2D eigenvalue weighted by atomic mass is 16.3. The fraction of sp³-hybridized carbons (Fsp3) is 0.0769. The molecule has 4 aromatic carbocycles. The van der Waals surface area contributed by atoms with Gasteiger partial charge in [-0.15, -0.1) is 0 Å². The van der Waals surface area contributed by atoms with E-state index in [1.807, 2.05) is 36.4 Å². The quantitative estimate of drug-likeness (QED) is 0.447. The molecule has 0 amide bonds. The highest BCUT2D eigenvalue weighted by Gasteiger charge is 2.36. The molecule has 0 fully saturated rings. The summed E-state index contributed by atoms with van der Waals surface area (Å²) in [5.74, 6) is 0.493. The maximum absolute atomic E-state index is 9.86. The van der Waals surface area contributed by atoms with Crippen molar-refractivity contribution in [1.82, 2.24) is 0 Å². The van der Waals surface area contributed by atoms with Crippen LogP contribution in [-0.2, 0) is 11.8 Å². The Morgan fingerprint density at radius 2 is 0.857 bits per heavy atom. The van der Waals surface area contributed by atoms with Gasteiger partial charge in [-0.05, 0) is 52.9 Å². The maximum Gasteiger partial charge on any atom is 0.115 e. The van der Waals surface area contributed by atoms with Crippen LogP contribution < -0.4 is 0 Å². The minimum absolute atomic E-state index is 0.246. The molecule has 0 radical (unpaired) electrons. The molecule has 0 aliphatic carbocycles. The van der Waals surface area contributed by atoms with E-state index in [9.17, 15) is 10.2 Å². The molecule has 4 aromatic rings.